The van der Waals surface area contributed by atoms with Gasteiger partial charge in [0.2, 0.25) is 0 Å². The molecule has 1 amide bonds. The number of anilines is 1. The Morgan fingerprint density at radius 1 is 1.26 bits per heavy atom. The molecule has 1 heterocycles. The van der Waals surface area contributed by atoms with Crippen molar-refractivity contribution in [2.75, 3.05) is 11.9 Å². The lowest BCUT2D eigenvalue weighted by Crippen LogP contribution is -2.62. The van der Waals surface area contributed by atoms with Gasteiger partial charge in [0.05, 0.1) is 0 Å². The lowest BCUT2D eigenvalue weighted by Gasteiger charge is -2.54. The first-order chi connectivity index (χ1) is 10.7. The highest BCUT2D eigenvalue weighted by Crippen LogP contribution is 2.39. The van der Waals surface area contributed by atoms with Crippen LogP contribution in [-0.4, -0.2) is 34.7 Å². The molecule has 1 N–H and O–H groups in total. The van der Waals surface area contributed by atoms with Gasteiger partial charge in [0, 0.05) is 36.2 Å². The van der Waals surface area contributed by atoms with Gasteiger partial charge in [-0.2, -0.15) is 0 Å². The largest absolute Gasteiger partial charge is 0.446 e. The van der Waals surface area contributed by atoms with Gasteiger partial charge < -0.3 is 4.74 Å². The molecular formula is C19H28N2O2. The van der Waals surface area contributed by atoms with Crippen molar-refractivity contribution in [2.24, 2.45) is 0 Å². The van der Waals surface area contributed by atoms with E-state index in [0.29, 0.717) is 0 Å². The molecule has 1 saturated heterocycles. The quantitative estimate of drug-likeness (QED) is 0.835. The molecule has 0 aromatic heterocycles. The van der Waals surface area contributed by atoms with Crippen molar-refractivity contribution in [1.29, 1.82) is 0 Å². The van der Waals surface area contributed by atoms with Crippen LogP contribution < -0.4 is 5.32 Å². The molecule has 1 aliphatic heterocycles. The number of carbonyl (C=O) groups is 1. The molecule has 0 aliphatic carbocycles. The molecule has 4 heteroatoms. The molecule has 2 rings (SSSR count). The highest BCUT2D eigenvalue weighted by Gasteiger charge is 2.45. The van der Waals surface area contributed by atoms with E-state index in [9.17, 15) is 4.79 Å². The first kappa shape index (κ1) is 17.5. The lowest BCUT2D eigenvalue weighted by molar-refractivity contribution is -0.0749. The van der Waals surface area contributed by atoms with Gasteiger partial charge in [-0.05, 0) is 39.8 Å². The molecule has 0 saturated carbocycles. The Balaban J connectivity index is 2.01. The summed E-state index contributed by atoms with van der Waals surface area (Å²) in [5.41, 5.74) is 0.654. The fraction of sp³-hybridized carbons (Fsp3) is 0.526. The number of likely N-dealkylation sites (tertiary alicyclic amines) is 1. The van der Waals surface area contributed by atoms with Gasteiger partial charge in [0.1, 0.15) is 6.10 Å². The summed E-state index contributed by atoms with van der Waals surface area (Å²) in [7, 11) is 0. The second kappa shape index (κ2) is 6.75. The Morgan fingerprint density at radius 2 is 1.83 bits per heavy atom. The van der Waals surface area contributed by atoms with Crippen LogP contribution in [0, 0.1) is 0 Å². The van der Waals surface area contributed by atoms with Gasteiger partial charge in [-0.15, -0.1) is 6.58 Å². The zero-order chi connectivity index (χ0) is 17.1. The SMILES string of the molecule is C=CCN1C(C)(C)CC(OC(=O)Nc2ccccc2)CC1(C)C. The molecule has 0 spiro atoms. The fourth-order valence-corrected chi connectivity index (χ4v) is 3.75. The normalized spacial score (nSPS) is 20.7. The minimum Gasteiger partial charge on any atom is -0.446 e. The van der Waals surface area contributed by atoms with Gasteiger partial charge in [0.25, 0.3) is 0 Å². The van der Waals surface area contributed by atoms with E-state index in [0.717, 1.165) is 25.1 Å². The first-order valence-electron chi connectivity index (χ1n) is 8.16. The van der Waals surface area contributed by atoms with Crippen molar-refractivity contribution >= 4 is 11.8 Å². The van der Waals surface area contributed by atoms with Crippen LogP contribution in [0.25, 0.3) is 0 Å². The van der Waals surface area contributed by atoms with Crippen molar-refractivity contribution < 1.29 is 9.53 Å². The topological polar surface area (TPSA) is 41.6 Å². The number of carbonyl (C=O) groups excluding carboxylic acids is 1. The second-order valence-electron chi connectivity index (χ2n) is 7.45. The van der Waals surface area contributed by atoms with Crippen LogP contribution in [-0.2, 0) is 4.74 Å². The Bertz CT molecular complexity index is 534. The maximum atomic E-state index is 12.1. The van der Waals surface area contributed by atoms with E-state index < -0.39 is 0 Å². The molecule has 0 radical (unpaired) electrons. The van der Waals surface area contributed by atoms with Crippen LogP contribution in [0.5, 0.6) is 0 Å². The molecule has 0 atom stereocenters. The van der Waals surface area contributed by atoms with Crippen molar-refractivity contribution in [1.82, 2.24) is 4.90 Å². The zero-order valence-corrected chi connectivity index (χ0v) is 14.6. The zero-order valence-electron chi connectivity index (χ0n) is 14.6. The van der Waals surface area contributed by atoms with Crippen molar-refractivity contribution in [2.45, 2.75) is 57.7 Å². The van der Waals surface area contributed by atoms with E-state index in [-0.39, 0.29) is 23.3 Å². The summed E-state index contributed by atoms with van der Waals surface area (Å²) in [6.07, 6.45) is 3.08. The number of ether oxygens (including phenoxy) is 1. The molecule has 1 aromatic rings. The van der Waals surface area contributed by atoms with E-state index in [2.05, 4.69) is 44.5 Å². The van der Waals surface area contributed by atoms with E-state index >= 15 is 0 Å². The molecule has 1 aromatic carbocycles. The van der Waals surface area contributed by atoms with Crippen LogP contribution >= 0.6 is 0 Å². The number of rotatable bonds is 4. The number of para-hydroxylation sites is 1. The van der Waals surface area contributed by atoms with E-state index in [1.54, 1.807) is 0 Å². The number of amides is 1. The number of benzene rings is 1. The Kier molecular flexibility index (Phi) is 5.15. The van der Waals surface area contributed by atoms with Gasteiger partial charge in [-0.1, -0.05) is 24.3 Å². The fourth-order valence-electron chi connectivity index (χ4n) is 3.75. The average molecular weight is 316 g/mol. The molecule has 1 fully saturated rings. The summed E-state index contributed by atoms with van der Waals surface area (Å²) in [4.78, 5) is 14.6. The summed E-state index contributed by atoms with van der Waals surface area (Å²) >= 11 is 0. The maximum Gasteiger partial charge on any atom is 0.411 e. The van der Waals surface area contributed by atoms with Crippen LogP contribution in [0.15, 0.2) is 43.0 Å². The monoisotopic (exact) mass is 316 g/mol. The Hall–Kier alpha value is -1.81. The molecule has 0 bridgehead atoms. The molecular weight excluding hydrogens is 288 g/mol. The van der Waals surface area contributed by atoms with Gasteiger partial charge in [0.15, 0.2) is 0 Å². The molecule has 4 nitrogen and oxygen atoms in total. The van der Waals surface area contributed by atoms with Crippen LogP contribution in [0.2, 0.25) is 0 Å². The third-order valence-electron chi connectivity index (χ3n) is 4.52. The summed E-state index contributed by atoms with van der Waals surface area (Å²) in [6, 6.07) is 9.38. The highest BCUT2D eigenvalue weighted by molar-refractivity contribution is 5.84. The summed E-state index contributed by atoms with van der Waals surface area (Å²) in [5, 5.41) is 2.79. The maximum absolute atomic E-state index is 12.1. The summed E-state index contributed by atoms with van der Waals surface area (Å²) in [5.74, 6) is 0. The number of hydrogen-bond donors (Lipinski definition) is 1. The lowest BCUT2D eigenvalue weighted by atomic mass is 9.78. The standard InChI is InChI=1S/C19H28N2O2/c1-6-12-21-18(2,3)13-16(14-19(21,4)5)23-17(22)20-15-10-8-7-9-11-15/h6-11,16H,1,12-14H2,2-5H3,(H,20,22). The van der Waals surface area contributed by atoms with E-state index in [1.165, 1.54) is 0 Å². The van der Waals surface area contributed by atoms with Gasteiger partial charge >= 0.3 is 6.09 Å². The van der Waals surface area contributed by atoms with Crippen molar-refractivity contribution in [3.63, 3.8) is 0 Å². The first-order valence-corrected chi connectivity index (χ1v) is 8.16. The van der Waals surface area contributed by atoms with Crippen LogP contribution in [0.3, 0.4) is 0 Å². The smallest absolute Gasteiger partial charge is 0.411 e. The summed E-state index contributed by atoms with van der Waals surface area (Å²) in [6.45, 7) is 13.5. The molecule has 23 heavy (non-hydrogen) atoms. The third kappa shape index (κ3) is 4.35. The minimum atomic E-state index is -0.384. The Morgan fingerprint density at radius 3 is 2.35 bits per heavy atom. The van der Waals surface area contributed by atoms with E-state index in [4.69, 9.17) is 4.74 Å². The van der Waals surface area contributed by atoms with Gasteiger partial charge in [-0.3, -0.25) is 10.2 Å². The number of nitrogens with zero attached hydrogens (tertiary/aromatic N) is 1. The van der Waals surface area contributed by atoms with Crippen LogP contribution in [0.1, 0.15) is 40.5 Å². The number of piperidine rings is 1. The Labute approximate surface area is 139 Å². The highest BCUT2D eigenvalue weighted by atomic mass is 16.6. The predicted molar refractivity (Wildman–Crippen MR) is 94.6 cm³/mol. The number of nitrogens with one attached hydrogen (secondary N) is 1. The van der Waals surface area contributed by atoms with Crippen molar-refractivity contribution in [3.05, 3.63) is 43.0 Å². The van der Waals surface area contributed by atoms with E-state index in [1.807, 2.05) is 36.4 Å². The minimum absolute atomic E-state index is 0.0480. The predicted octanol–water partition coefficient (Wildman–Crippen LogP) is 4.44. The van der Waals surface area contributed by atoms with Crippen molar-refractivity contribution in [3.8, 4) is 0 Å². The van der Waals surface area contributed by atoms with Gasteiger partial charge in [-0.25, -0.2) is 4.79 Å². The molecule has 0 unspecified atom stereocenters. The van der Waals surface area contributed by atoms with Crippen LogP contribution in [0.4, 0.5) is 10.5 Å². The second-order valence-corrected chi connectivity index (χ2v) is 7.45. The third-order valence-corrected chi connectivity index (χ3v) is 4.52. The summed E-state index contributed by atoms with van der Waals surface area (Å²) < 4.78 is 5.69. The molecule has 1 aliphatic rings. The molecule has 126 valence electrons. The average Bonchev–Trinajstić information content (AvgIpc) is 2.43. The number of hydrogen-bond acceptors (Lipinski definition) is 3.